The summed E-state index contributed by atoms with van der Waals surface area (Å²) >= 11 is 0. The van der Waals surface area contributed by atoms with Crippen molar-refractivity contribution in [1.29, 1.82) is 0 Å². The second-order valence-corrected chi connectivity index (χ2v) is 8.12. The van der Waals surface area contributed by atoms with Crippen LogP contribution in [0.25, 0.3) is 22.2 Å². The van der Waals surface area contributed by atoms with E-state index in [-0.39, 0.29) is 12.0 Å². The third-order valence-electron chi connectivity index (χ3n) is 6.30. The van der Waals surface area contributed by atoms with Crippen molar-refractivity contribution in [2.75, 3.05) is 6.61 Å². The fourth-order valence-corrected chi connectivity index (χ4v) is 5.03. The van der Waals surface area contributed by atoms with Gasteiger partial charge >= 0.3 is 5.97 Å². The number of esters is 1. The van der Waals surface area contributed by atoms with Crippen LogP contribution in [0.4, 0.5) is 0 Å². The minimum absolute atomic E-state index is 0.0490. The van der Waals surface area contributed by atoms with Crippen molar-refractivity contribution in [2.24, 2.45) is 0 Å². The van der Waals surface area contributed by atoms with Crippen LogP contribution in [0.15, 0.2) is 72.8 Å². The molecule has 1 aliphatic heterocycles. The average Bonchev–Trinajstić information content (AvgIpc) is 3.31. The summed E-state index contributed by atoms with van der Waals surface area (Å²) in [6, 6.07) is 25.2. The first kappa shape index (κ1) is 19.6. The van der Waals surface area contributed by atoms with Crippen molar-refractivity contribution >= 4 is 16.9 Å². The molecule has 0 spiro atoms. The van der Waals surface area contributed by atoms with Crippen LogP contribution in [0.1, 0.15) is 59.8 Å². The van der Waals surface area contributed by atoms with E-state index in [1.54, 1.807) is 0 Å². The Kier molecular flexibility index (Phi) is 5.11. The van der Waals surface area contributed by atoms with Crippen LogP contribution in [0.5, 0.6) is 0 Å². The number of para-hydroxylation sites is 1. The van der Waals surface area contributed by atoms with E-state index in [2.05, 4.69) is 66.1 Å². The number of carbonyl (C=O) groups excluding carboxylic acids is 1. The molecule has 0 fully saturated rings. The predicted molar refractivity (Wildman–Crippen MR) is 126 cm³/mol. The highest BCUT2D eigenvalue weighted by Gasteiger charge is 2.37. The molecule has 0 radical (unpaired) electrons. The minimum Gasteiger partial charge on any atom is -0.462 e. The smallest absolute Gasteiger partial charge is 0.338 e. The minimum atomic E-state index is -0.245. The Morgan fingerprint density at radius 2 is 1.71 bits per heavy atom. The lowest BCUT2D eigenvalue weighted by Crippen LogP contribution is -2.13. The molecular formula is C28H27NO2. The molecule has 1 atom stereocenters. The van der Waals surface area contributed by atoms with Gasteiger partial charge in [0, 0.05) is 22.0 Å². The molecule has 3 nitrogen and oxygen atoms in total. The molecule has 1 aromatic heterocycles. The second-order valence-electron chi connectivity index (χ2n) is 8.12. The molecule has 3 heteroatoms. The normalized spacial score (nSPS) is 14.5. The number of aryl methyl sites for hydroxylation is 1. The van der Waals surface area contributed by atoms with E-state index < -0.39 is 0 Å². The third kappa shape index (κ3) is 3.07. The summed E-state index contributed by atoms with van der Waals surface area (Å²) in [5, 5.41) is 1.32. The molecule has 0 N–H and O–H groups in total. The number of rotatable bonds is 6. The molecule has 2 heterocycles. The molecule has 0 saturated heterocycles. The van der Waals surface area contributed by atoms with Crippen LogP contribution in [0.2, 0.25) is 0 Å². The lowest BCUT2D eigenvalue weighted by atomic mass is 9.90. The molecular weight excluding hydrogens is 382 g/mol. The molecule has 31 heavy (non-hydrogen) atoms. The standard InChI is InChI=1S/C28H27NO2/c1-3-5-14-21-20-15-9-10-18-24(20)29-26(19-12-7-6-8-13-19)25-22(27(21)29)16-11-17-23(25)28(30)31-4-2/h6-13,15-18,26H,3-5,14H2,1-2H3. The van der Waals surface area contributed by atoms with E-state index in [0.29, 0.717) is 12.2 Å². The van der Waals surface area contributed by atoms with Crippen molar-refractivity contribution in [1.82, 2.24) is 4.57 Å². The maximum Gasteiger partial charge on any atom is 0.338 e. The molecule has 0 amide bonds. The Morgan fingerprint density at radius 1 is 0.935 bits per heavy atom. The summed E-state index contributed by atoms with van der Waals surface area (Å²) < 4.78 is 7.89. The number of ether oxygens (including phenoxy) is 1. The maximum absolute atomic E-state index is 12.9. The van der Waals surface area contributed by atoms with Gasteiger partial charge < -0.3 is 9.30 Å². The quantitative estimate of drug-likeness (QED) is 0.290. The van der Waals surface area contributed by atoms with Gasteiger partial charge in [-0.3, -0.25) is 0 Å². The summed E-state index contributed by atoms with van der Waals surface area (Å²) in [5.41, 5.74) is 7.93. The zero-order valence-electron chi connectivity index (χ0n) is 18.1. The average molecular weight is 410 g/mol. The zero-order valence-corrected chi connectivity index (χ0v) is 18.1. The molecule has 0 bridgehead atoms. The van der Waals surface area contributed by atoms with E-state index in [4.69, 9.17) is 4.74 Å². The highest BCUT2D eigenvalue weighted by molar-refractivity contribution is 6.00. The van der Waals surface area contributed by atoms with Crippen LogP contribution in [0, 0.1) is 0 Å². The van der Waals surface area contributed by atoms with Gasteiger partial charge in [0.25, 0.3) is 0 Å². The van der Waals surface area contributed by atoms with Gasteiger partial charge in [-0.1, -0.05) is 74.0 Å². The van der Waals surface area contributed by atoms with Gasteiger partial charge in [0.15, 0.2) is 0 Å². The van der Waals surface area contributed by atoms with Gasteiger partial charge in [0.05, 0.1) is 23.9 Å². The lowest BCUT2D eigenvalue weighted by Gasteiger charge is -2.19. The van der Waals surface area contributed by atoms with E-state index in [1.807, 2.05) is 25.1 Å². The molecule has 4 aromatic rings. The van der Waals surface area contributed by atoms with Gasteiger partial charge in [-0.05, 0) is 43.0 Å². The molecule has 1 aliphatic rings. The van der Waals surface area contributed by atoms with Crippen LogP contribution in [-0.4, -0.2) is 17.1 Å². The first-order chi connectivity index (χ1) is 15.3. The molecule has 0 aliphatic carbocycles. The third-order valence-corrected chi connectivity index (χ3v) is 6.30. The fraction of sp³-hybridized carbons (Fsp3) is 0.250. The predicted octanol–water partition coefficient (Wildman–Crippen LogP) is 6.78. The van der Waals surface area contributed by atoms with E-state index in [1.165, 1.54) is 27.7 Å². The monoisotopic (exact) mass is 409 g/mol. The van der Waals surface area contributed by atoms with Crippen molar-refractivity contribution in [3.05, 3.63) is 95.1 Å². The summed E-state index contributed by atoms with van der Waals surface area (Å²) in [7, 11) is 0. The first-order valence-corrected chi connectivity index (χ1v) is 11.2. The van der Waals surface area contributed by atoms with Gasteiger partial charge in [0.1, 0.15) is 0 Å². The summed E-state index contributed by atoms with van der Waals surface area (Å²) in [6.45, 7) is 4.46. The van der Waals surface area contributed by atoms with Crippen LogP contribution < -0.4 is 0 Å². The number of carbonyl (C=O) groups is 1. The van der Waals surface area contributed by atoms with Gasteiger partial charge in [-0.25, -0.2) is 4.79 Å². The number of hydrogen-bond acceptors (Lipinski definition) is 2. The van der Waals surface area contributed by atoms with Crippen molar-refractivity contribution < 1.29 is 9.53 Å². The Morgan fingerprint density at radius 3 is 2.48 bits per heavy atom. The number of aromatic nitrogens is 1. The van der Waals surface area contributed by atoms with Crippen molar-refractivity contribution in [3.63, 3.8) is 0 Å². The van der Waals surface area contributed by atoms with Crippen LogP contribution >= 0.6 is 0 Å². The van der Waals surface area contributed by atoms with E-state index >= 15 is 0 Å². The van der Waals surface area contributed by atoms with Crippen LogP contribution in [0.3, 0.4) is 0 Å². The Labute approximate surface area is 183 Å². The summed E-state index contributed by atoms with van der Waals surface area (Å²) in [4.78, 5) is 12.9. The topological polar surface area (TPSA) is 31.2 Å². The maximum atomic E-state index is 12.9. The zero-order chi connectivity index (χ0) is 21.4. The molecule has 0 saturated carbocycles. The first-order valence-electron chi connectivity index (χ1n) is 11.2. The Bertz CT molecular complexity index is 1250. The number of unbranched alkanes of at least 4 members (excludes halogenated alkanes) is 1. The number of nitrogens with zero attached hydrogens (tertiary/aromatic N) is 1. The molecule has 3 aromatic carbocycles. The van der Waals surface area contributed by atoms with Crippen molar-refractivity contribution in [2.45, 2.75) is 39.2 Å². The largest absolute Gasteiger partial charge is 0.462 e. The van der Waals surface area contributed by atoms with Gasteiger partial charge in [-0.2, -0.15) is 0 Å². The van der Waals surface area contributed by atoms with Gasteiger partial charge in [-0.15, -0.1) is 0 Å². The van der Waals surface area contributed by atoms with E-state index in [9.17, 15) is 4.79 Å². The molecule has 1 unspecified atom stereocenters. The van der Waals surface area contributed by atoms with Crippen molar-refractivity contribution in [3.8, 4) is 11.3 Å². The SMILES string of the molecule is CCCCc1c2n(c3ccccc13)C(c1ccccc1)c1c(C(=O)OCC)cccc1-2. The van der Waals surface area contributed by atoms with Gasteiger partial charge in [0.2, 0.25) is 0 Å². The highest BCUT2D eigenvalue weighted by atomic mass is 16.5. The molecule has 5 rings (SSSR count). The number of fused-ring (bicyclic) bond motifs is 5. The summed E-state index contributed by atoms with van der Waals surface area (Å²) in [5.74, 6) is -0.245. The lowest BCUT2D eigenvalue weighted by molar-refractivity contribution is 0.0525. The Hall–Kier alpha value is -3.33. The fourth-order valence-electron chi connectivity index (χ4n) is 5.03. The number of benzene rings is 3. The number of hydrogen-bond donors (Lipinski definition) is 0. The Balaban J connectivity index is 1.86. The molecule has 156 valence electrons. The summed E-state index contributed by atoms with van der Waals surface area (Å²) in [6.07, 6.45) is 3.32. The van der Waals surface area contributed by atoms with E-state index in [0.717, 1.165) is 30.4 Å². The highest BCUT2D eigenvalue weighted by Crippen LogP contribution is 2.50. The van der Waals surface area contributed by atoms with Crippen LogP contribution in [-0.2, 0) is 11.2 Å². The second kappa shape index (κ2) is 8.07.